The predicted octanol–water partition coefficient (Wildman–Crippen LogP) is 3.40. The summed E-state index contributed by atoms with van der Waals surface area (Å²) < 4.78 is 28.0. The van der Waals surface area contributed by atoms with Crippen LogP contribution in [0.25, 0.3) is 6.08 Å². The predicted molar refractivity (Wildman–Crippen MR) is 80.4 cm³/mol. The average Bonchev–Trinajstić information content (AvgIpc) is 2.99. The van der Waals surface area contributed by atoms with Gasteiger partial charge in [0, 0.05) is 16.0 Å². The van der Waals surface area contributed by atoms with Gasteiger partial charge in [-0.25, -0.2) is 0 Å². The second-order valence-electron chi connectivity index (χ2n) is 3.86. The Morgan fingerprint density at radius 1 is 1.41 bits per heavy atom. The summed E-state index contributed by atoms with van der Waals surface area (Å²) in [5.74, 6) is -3.11. The first-order valence-electron chi connectivity index (χ1n) is 5.83. The molecule has 0 atom stereocenters. The Kier molecular flexibility index (Phi) is 5.57. The molecule has 2 aromatic rings. The average molecular weight is 338 g/mol. The molecule has 9 heteroatoms. The van der Waals surface area contributed by atoms with E-state index in [0.29, 0.717) is 28.0 Å². The Labute approximate surface area is 132 Å². The van der Waals surface area contributed by atoms with Crippen molar-refractivity contribution in [3.8, 4) is 6.07 Å². The maximum atomic E-state index is 12.2. The fraction of sp³-hybridized carbons (Fsp3) is 0.0769. The Bertz CT molecular complexity index is 709. The summed E-state index contributed by atoms with van der Waals surface area (Å²) in [5, 5.41) is 16.8. The molecule has 0 saturated heterocycles. The topological polar surface area (TPSA) is 78.7 Å². The van der Waals surface area contributed by atoms with Gasteiger partial charge >= 0.3 is 0 Å². The minimum Gasteiger partial charge on any atom is -0.321 e. The molecule has 0 saturated carbocycles. The second kappa shape index (κ2) is 7.63. The molecule has 22 heavy (non-hydrogen) atoms. The van der Waals surface area contributed by atoms with Crippen molar-refractivity contribution in [3.05, 3.63) is 40.9 Å². The highest BCUT2D eigenvalue weighted by molar-refractivity contribution is 7.99. The number of hydrogen-bond donors (Lipinski definition) is 1. The minimum atomic E-state index is -2.50. The zero-order valence-corrected chi connectivity index (χ0v) is 12.5. The zero-order valence-electron chi connectivity index (χ0n) is 10.9. The highest BCUT2D eigenvalue weighted by atomic mass is 32.2. The van der Waals surface area contributed by atoms with Crippen LogP contribution in [-0.2, 0) is 4.79 Å². The van der Waals surface area contributed by atoms with E-state index in [-0.39, 0.29) is 5.57 Å². The van der Waals surface area contributed by atoms with E-state index in [1.165, 1.54) is 30.3 Å². The van der Waals surface area contributed by atoms with E-state index < -0.39 is 11.7 Å². The number of carbonyl (C=O) groups excluding carboxylic acids is 1. The molecule has 0 aliphatic rings. The number of halogens is 2. The van der Waals surface area contributed by atoms with Crippen molar-refractivity contribution in [1.82, 2.24) is 9.59 Å². The molecule has 0 radical (unpaired) electrons. The van der Waals surface area contributed by atoms with E-state index in [4.69, 9.17) is 5.26 Å². The molecular formula is C13H8F2N4OS2. The fourth-order valence-electron chi connectivity index (χ4n) is 1.45. The number of nitrogens with zero attached hydrogens (tertiary/aromatic N) is 3. The number of nitrogens with one attached hydrogen (secondary N) is 1. The molecule has 0 aliphatic carbocycles. The zero-order chi connectivity index (χ0) is 15.9. The van der Waals surface area contributed by atoms with Gasteiger partial charge in [-0.1, -0.05) is 16.3 Å². The number of nitriles is 1. The number of benzene rings is 1. The molecule has 0 spiro atoms. The lowest BCUT2D eigenvalue weighted by atomic mass is 10.2. The SMILES string of the molecule is N#C/C(=C\c1csnn1)C(=O)Nc1ccc(SC(F)F)cc1. The van der Waals surface area contributed by atoms with Crippen molar-refractivity contribution in [3.63, 3.8) is 0 Å². The second-order valence-corrected chi connectivity index (χ2v) is 5.53. The van der Waals surface area contributed by atoms with Gasteiger partial charge in [-0.2, -0.15) is 14.0 Å². The van der Waals surface area contributed by atoms with Gasteiger partial charge in [0.1, 0.15) is 11.6 Å². The van der Waals surface area contributed by atoms with E-state index >= 15 is 0 Å². The molecule has 1 heterocycles. The van der Waals surface area contributed by atoms with Gasteiger partial charge in [0.15, 0.2) is 0 Å². The largest absolute Gasteiger partial charge is 0.321 e. The first-order chi connectivity index (χ1) is 10.6. The lowest BCUT2D eigenvalue weighted by Crippen LogP contribution is -2.13. The lowest BCUT2D eigenvalue weighted by Gasteiger charge is -2.05. The van der Waals surface area contributed by atoms with Crippen LogP contribution in [0.1, 0.15) is 5.69 Å². The van der Waals surface area contributed by atoms with Crippen molar-refractivity contribution in [2.24, 2.45) is 0 Å². The van der Waals surface area contributed by atoms with Crippen LogP contribution in [0.5, 0.6) is 0 Å². The number of carbonyl (C=O) groups is 1. The monoisotopic (exact) mass is 338 g/mol. The maximum Gasteiger partial charge on any atom is 0.288 e. The summed E-state index contributed by atoms with van der Waals surface area (Å²) in [7, 11) is 0. The van der Waals surface area contributed by atoms with Crippen LogP contribution in [0, 0.1) is 11.3 Å². The van der Waals surface area contributed by atoms with Crippen molar-refractivity contribution >= 4 is 41.0 Å². The number of aromatic nitrogens is 2. The number of hydrogen-bond acceptors (Lipinski definition) is 6. The van der Waals surface area contributed by atoms with Gasteiger partial charge < -0.3 is 5.32 Å². The molecule has 2 rings (SSSR count). The number of thioether (sulfide) groups is 1. The number of anilines is 1. The summed E-state index contributed by atoms with van der Waals surface area (Å²) in [6.07, 6.45) is 1.32. The molecule has 0 unspecified atom stereocenters. The first-order valence-corrected chi connectivity index (χ1v) is 7.55. The molecule has 0 bridgehead atoms. The van der Waals surface area contributed by atoms with E-state index in [1.54, 1.807) is 11.4 Å². The highest BCUT2D eigenvalue weighted by Gasteiger charge is 2.11. The summed E-state index contributed by atoms with van der Waals surface area (Å²) in [5.41, 5.74) is 0.695. The van der Waals surface area contributed by atoms with E-state index in [0.717, 1.165) is 11.5 Å². The highest BCUT2D eigenvalue weighted by Crippen LogP contribution is 2.26. The van der Waals surface area contributed by atoms with Crippen molar-refractivity contribution in [1.29, 1.82) is 5.26 Å². The molecule has 1 aromatic heterocycles. The van der Waals surface area contributed by atoms with Gasteiger partial charge in [0.2, 0.25) is 0 Å². The van der Waals surface area contributed by atoms with Crippen molar-refractivity contribution in [2.75, 3.05) is 5.32 Å². The van der Waals surface area contributed by atoms with Crippen LogP contribution in [0.3, 0.4) is 0 Å². The quantitative estimate of drug-likeness (QED) is 0.513. The molecule has 1 amide bonds. The van der Waals surface area contributed by atoms with Crippen LogP contribution < -0.4 is 5.32 Å². The molecule has 0 aliphatic heterocycles. The first kappa shape index (κ1) is 16.1. The standard InChI is InChI=1S/C13H8F2N4OS2/c14-13(15)22-11-3-1-9(2-4-11)17-12(20)8(6-16)5-10-7-21-19-18-10/h1-5,7,13H,(H,17,20)/b8-5+. The van der Waals surface area contributed by atoms with Gasteiger partial charge in [0.05, 0.1) is 5.69 Å². The van der Waals surface area contributed by atoms with Gasteiger partial charge in [-0.15, -0.1) is 5.10 Å². The Balaban J connectivity index is 2.06. The third-order valence-electron chi connectivity index (χ3n) is 2.37. The van der Waals surface area contributed by atoms with Crippen LogP contribution in [0.15, 0.2) is 40.1 Å². The fourth-order valence-corrected chi connectivity index (χ4v) is 2.36. The number of rotatable bonds is 5. The third kappa shape index (κ3) is 4.61. The minimum absolute atomic E-state index is 0.126. The Morgan fingerprint density at radius 2 is 2.14 bits per heavy atom. The lowest BCUT2D eigenvalue weighted by molar-refractivity contribution is -0.112. The van der Waals surface area contributed by atoms with E-state index in [2.05, 4.69) is 14.9 Å². The summed E-state index contributed by atoms with van der Waals surface area (Å²) in [4.78, 5) is 12.3. The summed E-state index contributed by atoms with van der Waals surface area (Å²) in [6, 6.07) is 7.69. The molecule has 5 nitrogen and oxygen atoms in total. The van der Waals surface area contributed by atoms with E-state index in [1.807, 2.05) is 0 Å². The van der Waals surface area contributed by atoms with Crippen LogP contribution in [-0.4, -0.2) is 21.3 Å². The van der Waals surface area contributed by atoms with Crippen LogP contribution in [0.4, 0.5) is 14.5 Å². The molecule has 0 fully saturated rings. The molecule has 1 N–H and O–H groups in total. The molecule has 1 aromatic carbocycles. The number of amides is 1. The maximum absolute atomic E-state index is 12.2. The van der Waals surface area contributed by atoms with Gasteiger partial charge in [-0.05, 0) is 41.9 Å². The molecular weight excluding hydrogens is 330 g/mol. The molecule has 112 valence electrons. The summed E-state index contributed by atoms with van der Waals surface area (Å²) in [6.45, 7) is 0. The van der Waals surface area contributed by atoms with E-state index in [9.17, 15) is 13.6 Å². The normalized spacial score (nSPS) is 11.3. The van der Waals surface area contributed by atoms with Gasteiger partial charge in [0.25, 0.3) is 11.7 Å². The Hall–Kier alpha value is -2.31. The van der Waals surface area contributed by atoms with Gasteiger partial charge in [-0.3, -0.25) is 4.79 Å². The third-order valence-corrected chi connectivity index (χ3v) is 3.62. The van der Waals surface area contributed by atoms with Crippen LogP contribution in [0.2, 0.25) is 0 Å². The van der Waals surface area contributed by atoms with Crippen molar-refractivity contribution < 1.29 is 13.6 Å². The smallest absolute Gasteiger partial charge is 0.288 e. The summed E-state index contributed by atoms with van der Waals surface area (Å²) >= 11 is 1.52. The number of alkyl halides is 2. The van der Waals surface area contributed by atoms with Crippen LogP contribution >= 0.6 is 23.3 Å². The van der Waals surface area contributed by atoms with Crippen molar-refractivity contribution in [2.45, 2.75) is 10.7 Å². The Morgan fingerprint density at radius 3 is 2.68 bits per heavy atom.